The average Bonchev–Trinajstić information content (AvgIpc) is 2.60. The van der Waals surface area contributed by atoms with E-state index in [2.05, 4.69) is 81.4 Å². The lowest BCUT2D eigenvalue weighted by Crippen LogP contribution is -2.19. The molecule has 176 valence electrons. The zero-order valence-electron chi connectivity index (χ0n) is 20.8. The van der Waals surface area contributed by atoms with Gasteiger partial charge in [0.2, 0.25) is 0 Å². The highest BCUT2D eigenvalue weighted by molar-refractivity contribution is 5.36. The van der Waals surface area contributed by atoms with Gasteiger partial charge >= 0.3 is 0 Å². The topological polar surface area (TPSA) is 0 Å². The molecule has 1 fully saturated rings. The standard InChI is InChI=1S/C10H14.C9H18.C9H16.2CH4/c1-7-5-8(2)10(4)9(3)6-7;1-8-4-6-9(2,3)7-5-8;1-7-4-5-8(2)9(3)6-7;;/h5-6H,1-4H3;8H,4-7H2,1-3H3;7H,4-6H2,1-3H3;2*1H4. The van der Waals surface area contributed by atoms with E-state index in [1.807, 2.05) is 0 Å². The van der Waals surface area contributed by atoms with Gasteiger partial charge in [-0.3, -0.25) is 0 Å². The Hall–Kier alpha value is -1.04. The number of hydrogen-bond donors (Lipinski definition) is 0. The minimum atomic E-state index is 0. The highest BCUT2D eigenvalue weighted by Crippen LogP contribution is 2.37. The van der Waals surface area contributed by atoms with Crippen molar-refractivity contribution in [2.24, 2.45) is 17.3 Å². The zero-order valence-corrected chi connectivity index (χ0v) is 20.8. The first-order valence-electron chi connectivity index (χ1n) is 11.6. The SMILES string of the molecule is C.C.CC1=C(C)CC(C)CC1.CC1CCC(C)(C)CC1.Cc1cc(C)c(C)c(C)c1. The van der Waals surface area contributed by atoms with Gasteiger partial charge in [-0.1, -0.05) is 84.2 Å². The molecule has 0 bridgehead atoms. The Morgan fingerprint density at radius 2 is 1.17 bits per heavy atom. The molecular weight excluding hydrogens is 360 g/mol. The summed E-state index contributed by atoms with van der Waals surface area (Å²) in [5.41, 5.74) is 9.51. The maximum absolute atomic E-state index is 2.39. The lowest BCUT2D eigenvalue weighted by atomic mass is 9.74. The minimum absolute atomic E-state index is 0. The molecule has 0 amide bonds. The van der Waals surface area contributed by atoms with Gasteiger partial charge in [0.05, 0.1) is 0 Å². The molecule has 1 saturated carbocycles. The molecule has 0 aliphatic heterocycles. The van der Waals surface area contributed by atoms with E-state index in [4.69, 9.17) is 0 Å². The van der Waals surface area contributed by atoms with Crippen molar-refractivity contribution in [2.45, 2.75) is 129 Å². The van der Waals surface area contributed by atoms with Crippen LogP contribution in [-0.4, -0.2) is 0 Å². The molecule has 3 rings (SSSR count). The van der Waals surface area contributed by atoms with Crippen LogP contribution in [0.25, 0.3) is 0 Å². The van der Waals surface area contributed by atoms with Crippen molar-refractivity contribution in [2.75, 3.05) is 0 Å². The summed E-state index contributed by atoms with van der Waals surface area (Å²) in [5.74, 6) is 1.94. The van der Waals surface area contributed by atoms with Gasteiger partial charge in [-0.05, 0) is 108 Å². The summed E-state index contributed by atoms with van der Waals surface area (Å²) in [6.07, 6.45) is 9.87. The summed E-state index contributed by atoms with van der Waals surface area (Å²) in [6, 6.07) is 4.45. The predicted molar refractivity (Wildman–Crippen MR) is 142 cm³/mol. The summed E-state index contributed by atoms with van der Waals surface area (Å²) in [6.45, 7) is 22.7. The van der Waals surface area contributed by atoms with Crippen molar-refractivity contribution < 1.29 is 0 Å². The Balaban J connectivity index is 0. The van der Waals surface area contributed by atoms with Gasteiger partial charge in [0, 0.05) is 0 Å². The van der Waals surface area contributed by atoms with Crippen molar-refractivity contribution in [3.63, 3.8) is 0 Å². The van der Waals surface area contributed by atoms with Crippen LogP contribution in [0.5, 0.6) is 0 Å². The van der Waals surface area contributed by atoms with Crippen LogP contribution >= 0.6 is 0 Å². The predicted octanol–water partition coefficient (Wildman–Crippen LogP) is 10.6. The Kier molecular flexibility index (Phi) is 14.6. The number of hydrogen-bond acceptors (Lipinski definition) is 0. The molecule has 0 spiro atoms. The lowest BCUT2D eigenvalue weighted by Gasteiger charge is -2.32. The van der Waals surface area contributed by atoms with Gasteiger partial charge in [-0.15, -0.1) is 0 Å². The van der Waals surface area contributed by atoms with Gasteiger partial charge < -0.3 is 0 Å². The molecule has 0 N–H and O–H groups in total. The van der Waals surface area contributed by atoms with Crippen LogP contribution in [0.2, 0.25) is 0 Å². The van der Waals surface area contributed by atoms with Crippen LogP contribution in [0.3, 0.4) is 0 Å². The van der Waals surface area contributed by atoms with E-state index in [1.165, 1.54) is 67.2 Å². The lowest BCUT2D eigenvalue weighted by molar-refractivity contribution is 0.201. The van der Waals surface area contributed by atoms with E-state index < -0.39 is 0 Å². The Bertz CT molecular complexity index is 611. The number of benzene rings is 1. The smallest absolute Gasteiger partial charge is 0.0295 e. The molecule has 2 aliphatic carbocycles. The van der Waals surface area contributed by atoms with E-state index in [0.717, 1.165) is 11.8 Å². The zero-order chi connectivity index (χ0) is 21.5. The third kappa shape index (κ3) is 11.4. The highest BCUT2D eigenvalue weighted by atomic mass is 14.3. The quantitative estimate of drug-likeness (QED) is 0.369. The highest BCUT2D eigenvalue weighted by Gasteiger charge is 2.24. The largest absolute Gasteiger partial charge is 0.0776 e. The van der Waals surface area contributed by atoms with Crippen molar-refractivity contribution in [1.29, 1.82) is 0 Å². The summed E-state index contributed by atoms with van der Waals surface area (Å²) in [5, 5.41) is 0. The van der Waals surface area contributed by atoms with Gasteiger partial charge in [0.15, 0.2) is 0 Å². The molecule has 1 aromatic carbocycles. The molecule has 30 heavy (non-hydrogen) atoms. The fraction of sp³-hybridized carbons (Fsp3) is 0.733. The van der Waals surface area contributed by atoms with E-state index in [-0.39, 0.29) is 14.9 Å². The van der Waals surface area contributed by atoms with Crippen molar-refractivity contribution in [3.8, 4) is 0 Å². The first-order chi connectivity index (χ1) is 12.9. The van der Waals surface area contributed by atoms with E-state index >= 15 is 0 Å². The summed E-state index contributed by atoms with van der Waals surface area (Å²) in [4.78, 5) is 0. The fourth-order valence-corrected chi connectivity index (χ4v) is 4.27. The third-order valence-corrected chi connectivity index (χ3v) is 7.09. The molecular formula is C30H56. The summed E-state index contributed by atoms with van der Waals surface area (Å²) in [7, 11) is 0. The second-order valence-corrected chi connectivity index (χ2v) is 10.8. The molecule has 1 aromatic rings. The van der Waals surface area contributed by atoms with Crippen LogP contribution in [-0.2, 0) is 0 Å². The summed E-state index contributed by atoms with van der Waals surface area (Å²) < 4.78 is 0. The van der Waals surface area contributed by atoms with Crippen molar-refractivity contribution >= 4 is 0 Å². The molecule has 0 radical (unpaired) electrons. The maximum Gasteiger partial charge on any atom is -0.0295 e. The molecule has 0 heterocycles. The number of rotatable bonds is 0. The van der Waals surface area contributed by atoms with E-state index in [0.29, 0.717) is 5.41 Å². The van der Waals surface area contributed by atoms with Gasteiger partial charge in [0.1, 0.15) is 0 Å². The number of allylic oxidation sites excluding steroid dienone is 2. The van der Waals surface area contributed by atoms with Crippen LogP contribution in [0.15, 0.2) is 23.3 Å². The first-order valence-corrected chi connectivity index (χ1v) is 11.6. The van der Waals surface area contributed by atoms with Gasteiger partial charge in [0.25, 0.3) is 0 Å². The molecule has 0 nitrogen and oxygen atoms in total. The fourth-order valence-electron chi connectivity index (χ4n) is 4.27. The second kappa shape index (κ2) is 14.1. The first kappa shape index (κ1) is 31.1. The van der Waals surface area contributed by atoms with E-state index in [1.54, 1.807) is 11.1 Å². The average molecular weight is 417 g/mol. The minimum Gasteiger partial charge on any atom is -0.0776 e. The molecule has 0 aromatic heterocycles. The normalized spacial score (nSPS) is 20.5. The molecule has 2 aliphatic rings. The Morgan fingerprint density at radius 1 is 0.700 bits per heavy atom. The van der Waals surface area contributed by atoms with Crippen molar-refractivity contribution in [1.82, 2.24) is 0 Å². The molecule has 0 saturated heterocycles. The molecule has 1 atom stereocenters. The van der Waals surface area contributed by atoms with Crippen molar-refractivity contribution in [3.05, 3.63) is 45.5 Å². The maximum atomic E-state index is 2.39. The summed E-state index contributed by atoms with van der Waals surface area (Å²) >= 11 is 0. The van der Waals surface area contributed by atoms with Gasteiger partial charge in [-0.25, -0.2) is 0 Å². The van der Waals surface area contributed by atoms with Gasteiger partial charge in [-0.2, -0.15) is 0 Å². The van der Waals surface area contributed by atoms with Crippen LogP contribution in [0, 0.1) is 44.9 Å². The van der Waals surface area contributed by atoms with Crippen LogP contribution in [0.4, 0.5) is 0 Å². The monoisotopic (exact) mass is 416 g/mol. The number of aryl methyl sites for hydroxylation is 3. The Morgan fingerprint density at radius 3 is 1.53 bits per heavy atom. The second-order valence-electron chi connectivity index (χ2n) is 10.8. The Labute approximate surface area is 192 Å². The van der Waals surface area contributed by atoms with Crippen LogP contribution < -0.4 is 0 Å². The molecule has 1 unspecified atom stereocenters. The van der Waals surface area contributed by atoms with Crippen LogP contribution in [0.1, 0.15) is 124 Å². The van der Waals surface area contributed by atoms with E-state index in [9.17, 15) is 0 Å². The third-order valence-electron chi connectivity index (χ3n) is 7.09. The molecule has 0 heteroatoms.